The van der Waals surface area contributed by atoms with Crippen LogP contribution in [0.15, 0.2) is 53.0 Å². The number of hydrogen-bond donors (Lipinski definition) is 2. The molecule has 2 N–H and O–H groups in total. The molecule has 4 nitrogen and oxygen atoms in total. The molecule has 110 valence electrons. The Balaban J connectivity index is 1.81. The van der Waals surface area contributed by atoms with Crippen LogP contribution in [0.2, 0.25) is 0 Å². The molecule has 0 saturated heterocycles. The predicted octanol–water partition coefficient (Wildman–Crippen LogP) is 3.19. The van der Waals surface area contributed by atoms with Gasteiger partial charge in [0.25, 0.3) is 0 Å². The molecule has 0 bridgehead atoms. The fourth-order valence-electron chi connectivity index (χ4n) is 1.86. The minimum atomic E-state index is -0.0877. The molecular weight excluding hydrogens is 332 g/mol. The van der Waals surface area contributed by atoms with Crippen LogP contribution in [-0.2, 0) is 11.3 Å². The lowest BCUT2D eigenvalue weighted by Crippen LogP contribution is -2.27. The first kappa shape index (κ1) is 15.5. The summed E-state index contributed by atoms with van der Waals surface area (Å²) in [6.45, 7) is 0.880. The average molecular weight is 349 g/mol. The smallest absolute Gasteiger partial charge is 0.238 e. The molecule has 0 fully saturated rings. The van der Waals surface area contributed by atoms with Gasteiger partial charge in [0.15, 0.2) is 0 Å². The van der Waals surface area contributed by atoms with Crippen molar-refractivity contribution in [1.29, 1.82) is 0 Å². The molecule has 2 rings (SSSR count). The molecule has 0 aromatic heterocycles. The standard InChI is InChI=1S/C16H17BrN2O2/c1-21-14-7-4-6-13(9-14)19-16(20)11-18-10-12-5-2-3-8-15(12)17/h2-9,18H,10-11H2,1H3,(H,19,20). The van der Waals surface area contributed by atoms with Gasteiger partial charge in [-0.3, -0.25) is 4.79 Å². The van der Waals surface area contributed by atoms with E-state index >= 15 is 0 Å². The summed E-state index contributed by atoms with van der Waals surface area (Å²) in [7, 11) is 1.60. The third kappa shape index (κ3) is 4.88. The minimum Gasteiger partial charge on any atom is -0.497 e. The zero-order valence-corrected chi connectivity index (χ0v) is 13.3. The number of anilines is 1. The van der Waals surface area contributed by atoms with E-state index in [1.54, 1.807) is 13.2 Å². The van der Waals surface area contributed by atoms with Gasteiger partial charge >= 0.3 is 0 Å². The second-order valence-corrected chi connectivity index (χ2v) is 5.33. The summed E-state index contributed by atoms with van der Waals surface area (Å²) < 4.78 is 6.15. The quantitative estimate of drug-likeness (QED) is 0.842. The van der Waals surface area contributed by atoms with Crippen molar-refractivity contribution in [2.75, 3.05) is 19.0 Å². The number of hydrogen-bond acceptors (Lipinski definition) is 3. The molecule has 2 aromatic rings. The van der Waals surface area contributed by atoms with Crippen LogP contribution >= 0.6 is 15.9 Å². The van der Waals surface area contributed by atoms with Crippen molar-refractivity contribution in [3.05, 3.63) is 58.6 Å². The first-order valence-corrected chi connectivity index (χ1v) is 7.36. The van der Waals surface area contributed by atoms with Crippen molar-refractivity contribution in [3.8, 4) is 5.75 Å². The normalized spacial score (nSPS) is 10.2. The third-order valence-electron chi connectivity index (χ3n) is 2.91. The van der Waals surface area contributed by atoms with Crippen LogP contribution in [-0.4, -0.2) is 19.6 Å². The first-order valence-electron chi connectivity index (χ1n) is 6.57. The Hall–Kier alpha value is -1.85. The molecule has 0 aliphatic carbocycles. The molecule has 21 heavy (non-hydrogen) atoms. The molecule has 0 aliphatic rings. The number of ether oxygens (including phenoxy) is 1. The lowest BCUT2D eigenvalue weighted by molar-refractivity contribution is -0.115. The highest BCUT2D eigenvalue weighted by molar-refractivity contribution is 9.10. The SMILES string of the molecule is COc1cccc(NC(=O)CNCc2ccccc2Br)c1. The summed E-state index contributed by atoms with van der Waals surface area (Å²) in [5.74, 6) is 0.629. The van der Waals surface area contributed by atoms with Crippen molar-refractivity contribution < 1.29 is 9.53 Å². The summed E-state index contributed by atoms with van der Waals surface area (Å²) in [5.41, 5.74) is 1.84. The van der Waals surface area contributed by atoms with E-state index in [0.717, 1.165) is 15.7 Å². The van der Waals surface area contributed by atoms with Gasteiger partial charge in [-0.2, -0.15) is 0 Å². The molecule has 0 atom stereocenters. The fourth-order valence-corrected chi connectivity index (χ4v) is 2.28. The molecule has 0 radical (unpaired) electrons. The van der Waals surface area contributed by atoms with Crippen LogP contribution < -0.4 is 15.4 Å². The van der Waals surface area contributed by atoms with Gasteiger partial charge < -0.3 is 15.4 Å². The van der Waals surface area contributed by atoms with E-state index in [-0.39, 0.29) is 12.5 Å². The van der Waals surface area contributed by atoms with Gasteiger partial charge in [0.05, 0.1) is 13.7 Å². The predicted molar refractivity (Wildman–Crippen MR) is 87.5 cm³/mol. The van der Waals surface area contributed by atoms with Crippen LogP contribution in [0.3, 0.4) is 0 Å². The Morgan fingerprint density at radius 1 is 1.19 bits per heavy atom. The maximum Gasteiger partial charge on any atom is 0.238 e. The van der Waals surface area contributed by atoms with Gasteiger partial charge in [-0.15, -0.1) is 0 Å². The highest BCUT2D eigenvalue weighted by atomic mass is 79.9. The molecule has 5 heteroatoms. The number of amides is 1. The lowest BCUT2D eigenvalue weighted by atomic mass is 10.2. The average Bonchev–Trinajstić information content (AvgIpc) is 2.49. The van der Waals surface area contributed by atoms with Crippen LogP contribution in [0.4, 0.5) is 5.69 Å². The van der Waals surface area contributed by atoms with E-state index in [1.165, 1.54) is 0 Å². The second-order valence-electron chi connectivity index (χ2n) is 4.48. The van der Waals surface area contributed by atoms with Gasteiger partial charge in [-0.05, 0) is 23.8 Å². The summed E-state index contributed by atoms with van der Waals surface area (Å²) in [6.07, 6.45) is 0. The second kappa shape index (κ2) is 7.81. The van der Waals surface area contributed by atoms with E-state index in [2.05, 4.69) is 26.6 Å². The van der Waals surface area contributed by atoms with Crippen molar-refractivity contribution in [1.82, 2.24) is 5.32 Å². The molecule has 0 spiro atoms. The Morgan fingerprint density at radius 3 is 2.76 bits per heavy atom. The monoisotopic (exact) mass is 348 g/mol. The van der Waals surface area contributed by atoms with Crippen molar-refractivity contribution in [2.45, 2.75) is 6.54 Å². The van der Waals surface area contributed by atoms with Crippen LogP contribution in [0.1, 0.15) is 5.56 Å². The van der Waals surface area contributed by atoms with Crippen molar-refractivity contribution in [2.24, 2.45) is 0 Å². The topological polar surface area (TPSA) is 50.4 Å². The molecular formula is C16H17BrN2O2. The molecule has 0 aliphatic heterocycles. The molecule has 0 saturated carbocycles. The highest BCUT2D eigenvalue weighted by Gasteiger charge is 2.04. The molecule has 1 amide bonds. The molecule has 0 unspecified atom stereocenters. The summed E-state index contributed by atoms with van der Waals surface area (Å²) in [5, 5.41) is 5.94. The number of carbonyl (C=O) groups is 1. The van der Waals surface area contributed by atoms with E-state index in [9.17, 15) is 4.79 Å². The van der Waals surface area contributed by atoms with Gasteiger partial charge in [0, 0.05) is 22.8 Å². The number of halogens is 1. The van der Waals surface area contributed by atoms with Crippen molar-refractivity contribution in [3.63, 3.8) is 0 Å². The van der Waals surface area contributed by atoms with Gasteiger partial charge in [-0.25, -0.2) is 0 Å². The number of rotatable bonds is 6. The largest absolute Gasteiger partial charge is 0.497 e. The lowest BCUT2D eigenvalue weighted by Gasteiger charge is -2.09. The Kier molecular flexibility index (Phi) is 5.78. The number of nitrogens with one attached hydrogen (secondary N) is 2. The van der Waals surface area contributed by atoms with Gasteiger partial charge in [-0.1, -0.05) is 40.2 Å². The maximum atomic E-state index is 11.9. The van der Waals surface area contributed by atoms with Crippen molar-refractivity contribution >= 4 is 27.5 Å². The first-order chi connectivity index (χ1) is 10.2. The zero-order chi connectivity index (χ0) is 15.1. The van der Waals surface area contributed by atoms with E-state index in [1.807, 2.05) is 42.5 Å². The van der Waals surface area contributed by atoms with Crippen LogP contribution in [0.25, 0.3) is 0 Å². The van der Waals surface area contributed by atoms with E-state index in [4.69, 9.17) is 4.74 Å². The molecule has 0 heterocycles. The van der Waals surface area contributed by atoms with Crippen LogP contribution in [0.5, 0.6) is 5.75 Å². The van der Waals surface area contributed by atoms with E-state index < -0.39 is 0 Å². The number of methoxy groups -OCH3 is 1. The highest BCUT2D eigenvalue weighted by Crippen LogP contribution is 2.17. The summed E-state index contributed by atoms with van der Waals surface area (Å²) >= 11 is 3.48. The third-order valence-corrected chi connectivity index (χ3v) is 3.69. The van der Waals surface area contributed by atoms with Crippen LogP contribution in [0, 0.1) is 0 Å². The number of benzene rings is 2. The summed E-state index contributed by atoms with van der Waals surface area (Å²) in [4.78, 5) is 11.9. The Labute approximate surface area is 132 Å². The fraction of sp³-hybridized carbons (Fsp3) is 0.188. The Bertz CT molecular complexity index is 617. The maximum absolute atomic E-state index is 11.9. The zero-order valence-electron chi connectivity index (χ0n) is 11.7. The van der Waals surface area contributed by atoms with E-state index in [0.29, 0.717) is 12.3 Å². The number of carbonyl (C=O) groups excluding carboxylic acids is 1. The summed E-state index contributed by atoms with van der Waals surface area (Å²) in [6, 6.07) is 15.2. The minimum absolute atomic E-state index is 0.0877. The van der Waals surface area contributed by atoms with Gasteiger partial charge in [0.1, 0.15) is 5.75 Å². The Morgan fingerprint density at radius 2 is 2.00 bits per heavy atom. The molecule has 2 aromatic carbocycles. The van der Waals surface area contributed by atoms with Gasteiger partial charge in [0.2, 0.25) is 5.91 Å².